The molecule has 4 nitrogen and oxygen atoms in total. The fourth-order valence-electron chi connectivity index (χ4n) is 3.99. The zero-order chi connectivity index (χ0) is 26.1. The highest BCUT2D eigenvalue weighted by molar-refractivity contribution is 5.84. The van der Waals surface area contributed by atoms with E-state index in [-0.39, 0.29) is 5.82 Å². The summed E-state index contributed by atoms with van der Waals surface area (Å²) in [6, 6.07) is 18.2. The van der Waals surface area contributed by atoms with Gasteiger partial charge in [0.1, 0.15) is 11.8 Å². The molecule has 1 N–H and O–H groups in total. The lowest BCUT2D eigenvalue weighted by atomic mass is 10.0. The van der Waals surface area contributed by atoms with E-state index in [0.717, 1.165) is 52.7 Å². The third-order valence-corrected chi connectivity index (χ3v) is 6.25. The van der Waals surface area contributed by atoms with E-state index in [9.17, 15) is 4.39 Å². The summed E-state index contributed by atoms with van der Waals surface area (Å²) >= 11 is 0. The maximum absolute atomic E-state index is 14.6. The van der Waals surface area contributed by atoms with Crippen molar-refractivity contribution in [1.29, 1.82) is 0 Å². The molecule has 0 amide bonds. The van der Waals surface area contributed by atoms with Crippen LogP contribution >= 0.6 is 0 Å². The number of rotatable bonds is 7. The number of imidazole rings is 1. The van der Waals surface area contributed by atoms with Crippen molar-refractivity contribution in [3.05, 3.63) is 95.1 Å². The Bertz CT molecular complexity index is 1320. The summed E-state index contributed by atoms with van der Waals surface area (Å²) in [7, 11) is 3.69. The Kier molecular flexibility index (Phi) is 9.57. The summed E-state index contributed by atoms with van der Waals surface area (Å²) in [5.74, 6) is -0.285. The van der Waals surface area contributed by atoms with Gasteiger partial charge >= 0.3 is 0 Å². The first-order valence-electron chi connectivity index (χ1n) is 12.5. The quantitative estimate of drug-likeness (QED) is 0.270. The second kappa shape index (κ2) is 12.8. The van der Waals surface area contributed by atoms with E-state index in [1.807, 2.05) is 49.9 Å². The van der Waals surface area contributed by atoms with Crippen LogP contribution in [0.3, 0.4) is 0 Å². The SMILES string of the molecule is CCC/C=C(\C)c1cc(F)c2ncn(-c3ccc(C=NC)c(C)c3)c2c1.CCc1ccc(NC)cc1. The largest absolute Gasteiger partial charge is 0.388 e. The molecule has 0 saturated carbocycles. The van der Waals surface area contributed by atoms with Crippen LogP contribution in [0.1, 0.15) is 55.9 Å². The number of anilines is 1. The van der Waals surface area contributed by atoms with Crippen LogP contribution in [0.25, 0.3) is 22.3 Å². The first-order valence-corrected chi connectivity index (χ1v) is 12.5. The minimum Gasteiger partial charge on any atom is -0.388 e. The highest BCUT2D eigenvalue weighted by Crippen LogP contribution is 2.26. The number of unbranched alkanes of at least 4 members (excludes halogenated alkanes) is 1. The van der Waals surface area contributed by atoms with Crippen molar-refractivity contribution in [2.75, 3.05) is 19.4 Å². The van der Waals surface area contributed by atoms with Crippen molar-refractivity contribution in [3.63, 3.8) is 0 Å². The molecule has 0 radical (unpaired) electrons. The van der Waals surface area contributed by atoms with Gasteiger partial charge in [-0.15, -0.1) is 0 Å². The Balaban J connectivity index is 0.000000303. The third-order valence-electron chi connectivity index (χ3n) is 6.25. The second-order valence-electron chi connectivity index (χ2n) is 8.84. The Labute approximate surface area is 214 Å². The van der Waals surface area contributed by atoms with Gasteiger partial charge in [0.15, 0.2) is 5.82 Å². The molecular formula is C31H37FN4. The molecule has 4 rings (SSSR count). The normalized spacial score (nSPS) is 11.6. The first kappa shape index (κ1) is 26.9. The summed E-state index contributed by atoms with van der Waals surface area (Å²) in [5.41, 5.74) is 8.88. The van der Waals surface area contributed by atoms with Crippen molar-refractivity contribution in [3.8, 4) is 5.69 Å². The number of benzene rings is 3. The molecule has 4 aromatic rings. The molecule has 1 aromatic heterocycles. The molecule has 0 aliphatic rings. The molecule has 3 aromatic carbocycles. The van der Waals surface area contributed by atoms with Crippen LogP contribution in [-0.4, -0.2) is 29.9 Å². The van der Waals surface area contributed by atoms with E-state index < -0.39 is 0 Å². The predicted octanol–water partition coefficient (Wildman–Crippen LogP) is 8.02. The number of aryl methyl sites for hydroxylation is 2. The van der Waals surface area contributed by atoms with Gasteiger partial charge < -0.3 is 5.32 Å². The van der Waals surface area contributed by atoms with Gasteiger partial charge in [0.05, 0.1) is 5.52 Å². The van der Waals surface area contributed by atoms with Crippen LogP contribution in [0.4, 0.5) is 10.1 Å². The van der Waals surface area contributed by atoms with Crippen LogP contribution < -0.4 is 5.32 Å². The van der Waals surface area contributed by atoms with E-state index in [0.29, 0.717) is 5.52 Å². The zero-order valence-electron chi connectivity index (χ0n) is 22.3. The highest BCUT2D eigenvalue weighted by atomic mass is 19.1. The maximum Gasteiger partial charge on any atom is 0.151 e. The van der Waals surface area contributed by atoms with Crippen LogP contribution in [-0.2, 0) is 6.42 Å². The van der Waals surface area contributed by atoms with Gasteiger partial charge in [-0.25, -0.2) is 9.37 Å². The van der Waals surface area contributed by atoms with Crippen molar-refractivity contribution >= 4 is 28.5 Å². The molecule has 5 heteroatoms. The van der Waals surface area contributed by atoms with Gasteiger partial charge in [-0.1, -0.05) is 44.5 Å². The summed E-state index contributed by atoms with van der Waals surface area (Å²) in [6.07, 6.45) is 8.86. The first-order chi connectivity index (χ1) is 17.4. The lowest BCUT2D eigenvalue weighted by molar-refractivity contribution is 0.637. The zero-order valence-corrected chi connectivity index (χ0v) is 22.3. The number of hydrogen-bond donors (Lipinski definition) is 1. The third kappa shape index (κ3) is 6.48. The van der Waals surface area contributed by atoms with Crippen molar-refractivity contribution in [2.24, 2.45) is 4.99 Å². The standard InChI is InChI=1S/C22H24FN3.C9H13N/c1-5-6-7-15(2)18-11-20(23)22-21(12-18)26(14-25-22)19-9-8-17(13-24-4)16(3)10-19;1-3-8-4-6-9(10-2)7-5-8/h7-14H,5-6H2,1-4H3;4-7,10H,3H2,1-2H3/b15-7+,24-13?;. The van der Waals surface area contributed by atoms with E-state index in [1.54, 1.807) is 19.4 Å². The van der Waals surface area contributed by atoms with Crippen molar-refractivity contribution in [1.82, 2.24) is 9.55 Å². The smallest absolute Gasteiger partial charge is 0.151 e. The lowest BCUT2D eigenvalue weighted by Crippen LogP contribution is -1.96. The lowest BCUT2D eigenvalue weighted by Gasteiger charge is -2.09. The van der Waals surface area contributed by atoms with Gasteiger partial charge in [-0.3, -0.25) is 9.56 Å². The average molecular weight is 485 g/mol. The molecule has 0 saturated heterocycles. The molecule has 0 bridgehead atoms. The number of allylic oxidation sites excluding steroid dienone is 2. The number of hydrogen-bond acceptors (Lipinski definition) is 3. The molecule has 0 fully saturated rings. The Morgan fingerprint density at radius 3 is 2.44 bits per heavy atom. The molecule has 0 spiro atoms. The van der Waals surface area contributed by atoms with Crippen molar-refractivity contribution < 1.29 is 4.39 Å². The van der Waals surface area contributed by atoms with Gasteiger partial charge in [0.2, 0.25) is 0 Å². The Morgan fingerprint density at radius 2 is 1.83 bits per heavy atom. The molecule has 0 aliphatic heterocycles. The molecule has 0 unspecified atom stereocenters. The van der Waals surface area contributed by atoms with Crippen LogP contribution in [0.2, 0.25) is 0 Å². The molecule has 0 atom stereocenters. The number of halogens is 1. The van der Waals surface area contributed by atoms with Gasteiger partial charge in [0, 0.05) is 31.7 Å². The molecule has 1 heterocycles. The van der Waals surface area contributed by atoms with Gasteiger partial charge in [-0.2, -0.15) is 0 Å². The van der Waals surface area contributed by atoms with Gasteiger partial charge in [0.25, 0.3) is 0 Å². The second-order valence-corrected chi connectivity index (χ2v) is 8.84. The average Bonchev–Trinajstić information content (AvgIpc) is 3.33. The fourth-order valence-corrected chi connectivity index (χ4v) is 3.99. The molecule has 36 heavy (non-hydrogen) atoms. The van der Waals surface area contributed by atoms with E-state index in [1.165, 1.54) is 11.3 Å². The molecule has 0 aliphatic carbocycles. The van der Waals surface area contributed by atoms with Gasteiger partial charge in [-0.05, 0) is 90.9 Å². The highest BCUT2D eigenvalue weighted by Gasteiger charge is 2.12. The summed E-state index contributed by atoms with van der Waals surface area (Å²) < 4.78 is 16.5. The summed E-state index contributed by atoms with van der Waals surface area (Å²) in [6.45, 7) is 8.37. The summed E-state index contributed by atoms with van der Waals surface area (Å²) in [4.78, 5) is 8.36. The number of aliphatic imine (C=N–C) groups is 1. The number of nitrogens with zero attached hydrogens (tertiary/aromatic N) is 3. The van der Waals surface area contributed by atoms with E-state index in [2.05, 4.69) is 65.5 Å². The van der Waals surface area contributed by atoms with E-state index >= 15 is 0 Å². The van der Waals surface area contributed by atoms with E-state index in [4.69, 9.17) is 0 Å². The fraction of sp³-hybridized carbons (Fsp3) is 0.290. The van der Waals surface area contributed by atoms with Crippen molar-refractivity contribution in [2.45, 2.75) is 47.0 Å². The Morgan fingerprint density at radius 1 is 1.08 bits per heavy atom. The van der Waals surface area contributed by atoms with Crippen LogP contribution in [0, 0.1) is 12.7 Å². The predicted molar refractivity (Wildman–Crippen MR) is 153 cm³/mol. The maximum atomic E-state index is 14.6. The summed E-state index contributed by atoms with van der Waals surface area (Å²) in [5, 5.41) is 3.08. The number of nitrogens with one attached hydrogen (secondary N) is 1. The van der Waals surface area contributed by atoms with Crippen LogP contribution in [0.15, 0.2) is 72.0 Å². The minimum atomic E-state index is -0.285. The Hall–Kier alpha value is -3.73. The monoisotopic (exact) mass is 484 g/mol. The number of fused-ring (bicyclic) bond motifs is 1. The molecular weight excluding hydrogens is 447 g/mol. The van der Waals surface area contributed by atoms with Crippen LogP contribution in [0.5, 0.6) is 0 Å². The number of aromatic nitrogens is 2. The minimum absolute atomic E-state index is 0.285. The topological polar surface area (TPSA) is 42.2 Å². The molecule has 188 valence electrons.